The minimum absolute atomic E-state index is 0.0457. The molecule has 0 radical (unpaired) electrons. The summed E-state index contributed by atoms with van der Waals surface area (Å²) in [5.41, 5.74) is 2.80. The fourth-order valence-electron chi connectivity index (χ4n) is 2.14. The Labute approximate surface area is 139 Å². The second kappa shape index (κ2) is 7.65. The average Bonchev–Trinajstić information content (AvgIpc) is 3.09. The molecular weight excluding hydrogens is 306 g/mol. The van der Waals surface area contributed by atoms with Gasteiger partial charge in [-0.2, -0.15) is 0 Å². The number of carbonyl (C=O) groups is 1. The summed E-state index contributed by atoms with van der Waals surface area (Å²) in [6.07, 6.45) is 1.83. The zero-order valence-electron chi connectivity index (χ0n) is 12.5. The Balaban J connectivity index is 1.46. The van der Waals surface area contributed by atoms with Crippen molar-refractivity contribution in [2.24, 2.45) is 0 Å². The fourth-order valence-corrected chi connectivity index (χ4v) is 2.85. The molecule has 0 bridgehead atoms. The summed E-state index contributed by atoms with van der Waals surface area (Å²) >= 11 is 1.59. The molecule has 0 fully saturated rings. The fraction of sp³-hybridized carbons (Fsp3) is 0.111. The predicted octanol–water partition coefficient (Wildman–Crippen LogP) is 3.60. The molecule has 116 valence electrons. The van der Waals surface area contributed by atoms with Crippen molar-refractivity contribution >= 4 is 17.7 Å². The van der Waals surface area contributed by atoms with E-state index in [2.05, 4.69) is 15.3 Å². The minimum atomic E-state index is -0.0457. The van der Waals surface area contributed by atoms with Crippen LogP contribution in [0.25, 0.3) is 11.3 Å². The summed E-state index contributed by atoms with van der Waals surface area (Å²) in [6.45, 7) is 0.597. The SMILES string of the molecule is O=C(NCCSc1ncc(-c2ccccc2)[nH]1)c1ccccc1. The normalized spacial score (nSPS) is 10.4. The lowest BCUT2D eigenvalue weighted by Gasteiger charge is -2.04. The number of hydrogen-bond donors (Lipinski definition) is 2. The van der Waals surface area contributed by atoms with Gasteiger partial charge in [0.1, 0.15) is 0 Å². The standard InChI is InChI=1S/C18H17N3OS/c22-17(15-9-5-2-6-10-15)19-11-12-23-18-20-13-16(21-18)14-7-3-1-4-8-14/h1-10,13H,11-12H2,(H,19,22)(H,20,21). The summed E-state index contributed by atoms with van der Waals surface area (Å²) in [5, 5.41) is 3.77. The van der Waals surface area contributed by atoms with E-state index >= 15 is 0 Å². The van der Waals surface area contributed by atoms with Gasteiger partial charge < -0.3 is 10.3 Å². The molecule has 4 nitrogen and oxygen atoms in total. The second-order valence-corrected chi connectivity index (χ2v) is 6.02. The monoisotopic (exact) mass is 323 g/mol. The zero-order chi connectivity index (χ0) is 15.9. The van der Waals surface area contributed by atoms with Crippen LogP contribution in [0.15, 0.2) is 72.0 Å². The van der Waals surface area contributed by atoms with Gasteiger partial charge in [-0.15, -0.1) is 0 Å². The lowest BCUT2D eigenvalue weighted by atomic mass is 10.2. The van der Waals surface area contributed by atoms with Gasteiger partial charge in [-0.1, -0.05) is 60.3 Å². The Morgan fingerprint density at radius 2 is 1.74 bits per heavy atom. The van der Waals surface area contributed by atoms with Crippen LogP contribution in [0.2, 0.25) is 0 Å². The molecule has 2 aromatic carbocycles. The molecule has 1 heterocycles. The van der Waals surface area contributed by atoms with Crippen LogP contribution in [0.5, 0.6) is 0 Å². The van der Waals surface area contributed by atoms with Crippen molar-refractivity contribution < 1.29 is 4.79 Å². The maximum atomic E-state index is 11.9. The van der Waals surface area contributed by atoms with E-state index in [9.17, 15) is 4.79 Å². The van der Waals surface area contributed by atoms with Crippen LogP contribution in [0, 0.1) is 0 Å². The molecule has 0 saturated heterocycles. The van der Waals surface area contributed by atoms with Gasteiger partial charge in [-0.25, -0.2) is 4.98 Å². The van der Waals surface area contributed by atoms with Crippen molar-refractivity contribution in [2.75, 3.05) is 12.3 Å². The van der Waals surface area contributed by atoms with E-state index in [4.69, 9.17) is 0 Å². The van der Waals surface area contributed by atoms with E-state index in [0.717, 1.165) is 22.2 Å². The number of imidazole rings is 1. The summed E-state index contributed by atoms with van der Waals surface area (Å²) in [4.78, 5) is 19.6. The summed E-state index contributed by atoms with van der Waals surface area (Å²) < 4.78 is 0. The third-order valence-corrected chi connectivity index (χ3v) is 4.19. The third kappa shape index (κ3) is 4.23. The van der Waals surface area contributed by atoms with Crippen molar-refractivity contribution in [1.29, 1.82) is 0 Å². The van der Waals surface area contributed by atoms with E-state index in [1.54, 1.807) is 23.9 Å². The van der Waals surface area contributed by atoms with Gasteiger partial charge in [0.25, 0.3) is 5.91 Å². The molecule has 0 unspecified atom stereocenters. The van der Waals surface area contributed by atoms with Crippen LogP contribution >= 0.6 is 11.8 Å². The van der Waals surface area contributed by atoms with Gasteiger partial charge >= 0.3 is 0 Å². The second-order valence-electron chi connectivity index (χ2n) is 4.94. The molecule has 0 spiro atoms. The van der Waals surface area contributed by atoms with Gasteiger partial charge in [0.15, 0.2) is 5.16 Å². The molecule has 5 heteroatoms. The Bertz CT molecular complexity index is 756. The maximum absolute atomic E-state index is 11.9. The first-order valence-corrected chi connectivity index (χ1v) is 8.38. The van der Waals surface area contributed by atoms with Gasteiger partial charge in [-0.3, -0.25) is 4.79 Å². The first-order valence-electron chi connectivity index (χ1n) is 7.39. The molecule has 3 rings (SSSR count). The molecule has 0 atom stereocenters. The van der Waals surface area contributed by atoms with Gasteiger partial charge in [0.05, 0.1) is 11.9 Å². The third-order valence-electron chi connectivity index (χ3n) is 3.30. The smallest absolute Gasteiger partial charge is 0.251 e. The number of hydrogen-bond acceptors (Lipinski definition) is 3. The highest BCUT2D eigenvalue weighted by Crippen LogP contribution is 2.20. The number of amides is 1. The molecule has 2 N–H and O–H groups in total. The Hall–Kier alpha value is -2.53. The predicted molar refractivity (Wildman–Crippen MR) is 93.5 cm³/mol. The van der Waals surface area contributed by atoms with Crippen molar-refractivity contribution in [1.82, 2.24) is 15.3 Å². The van der Waals surface area contributed by atoms with Crippen LogP contribution in [0.1, 0.15) is 10.4 Å². The highest BCUT2D eigenvalue weighted by Gasteiger charge is 2.05. The van der Waals surface area contributed by atoms with Crippen molar-refractivity contribution in [3.05, 3.63) is 72.4 Å². The molecule has 1 amide bonds. The largest absolute Gasteiger partial charge is 0.351 e. The highest BCUT2D eigenvalue weighted by atomic mass is 32.2. The number of benzene rings is 2. The van der Waals surface area contributed by atoms with Crippen LogP contribution in [0.4, 0.5) is 0 Å². The van der Waals surface area contributed by atoms with Gasteiger partial charge in [0.2, 0.25) is 0 Å². The number of nitrogens with one attached hydrogen (secondary N) is 2. The van der Waals surface area contributed by atoms with Crippen LogP contribution in [0.3, 0.4) is 0 Å². The zero-order valence-corrected chi connectivity index (χ0v) is 13.3. The van der Waals surface area contributed by atoms with Crippen molar-refractivity contribution in [3.63, 3.8) is 0 Å². The Kier molecular flexibility index (Phi) is 5.11. The molecule has 3 aromatic rings. The maximum Gasteiger partial charge on any atom is 0.251 e. The van der Waals surface area contributed by atoms with Crippen molar-refractivity contribution in [3.8, 4) is 11.3 Å². The first kappa shape index (κ1) is 15.4. The van der Waals surface area contributed by atoms with E-state index < -0.39 is 0 Å². The first-order chi connectivity index (χ1) is 11.3. The number of thioether (sulfide) groups is 1. The molecular formula is C18H17N3OS. The molecule has 0 aliphatic carbocycles. The summed E-state index contributed by atoms with van der Waals surface area (Å²) in [6, 6.07) is 19.3. The Morgan fingerprint density at radius 1 is 1.04 bits per heavy atom. The van der Waals surface area contributed by atoms with E-state index in [-0.39, 0.29) is 5.91 Å². The van der Waals surface area contributed by atoms with Gasteiger partial charge in [0, 0.05) is 17.9 Å². The van der Waals surface area contributed by atoms with E-state index in [1.807, 2.05) is 54.7 Å². The summed E-state index contributed by atoms with van der Waals surface area (Å²) in [5.74, 6) is 0.718. The molecule has 0 aliphatic heterocycles. The molecule has 1 aromatic heterocycles. The van der Waals surface area contributed by atoms with E-state index in [1.165, 1.54) is 0 Å². The molecule has 23 heavy (non-hydrogen) atoms. The van der Waals surface area contributed by atoms with Crippen LogP contribution in [-0.4, -0.2) is 28.2 Å². The number of rotatable bonds is 6. The molecule has 0 saturated carbocycles. The lowest BCUT2D eigenvalue weighted by Crippen LogP contribution is -2.25. The Morgan fingerprint density at radius 3 is 2.48 bits per heavy atom. The molecule has 0 aliphatic rings. The lowest BCUT2D eigenvalue weighted by molar-refractivity contribution is 0.0956. The number of aromatic nitrogens is 2. The number of H-pyrrole nitrogens is 1. The van der Waals surface area contributed by atoms with Crippen LogP contribution in [-0.2, 0) is 0 Å². The van der Waals surface area contributed by atoms with Crippen LogP contribution < -0.4 is 5.32 Å². The topological polar surface area (TPSA) is 57.8 Å². The average molecular weight is 323 g/mol. The van der Waals surface area contributed by atoms with E-state index in [0.29, 0.717) is 12.1 Å². The number of nitrogens with zero attached hydrogens (tertiary/aromatic N) is 1. The summed E-state index contributed by atoms with van der Waals surface area (Å²) in [7, 11) is 0. The minimum Gasteiger partial charge on any atom is -0.351 e. The number of carbonyl (C=O) groups excluding carboxylic acids is 1. The van der Waals surface area contributed by atoms with Gasteiger partial charge in [-0.05, 0) is 17.7 Å². The quantitative estimate of drug-likeness (QED) is 0.538. The van der Waals surface area contributed by atoms with Crippen molar-refractivity contribution in [2.45, 2.75) is 5.16 Å². The highest BCUT2D eigenvalue weighted by molar-refractivity contribution is 7.99. The number of aromatic amines is 1.